The van der Waals surface area contributed by atoms with Gasteiger partial charge in [0.15, 0.2) is 11.5 Å². The van der Waals surface area contributed by atoms with Gasteiger partial charge in [-0.25, -0.2) is 19.3 Å². The van der Waals surface area contributed by atoms with E-state index in [-0.39, 0.29) is 24.4 Å². The van der Waals surface area contributed by atoms with Crippen LogP contribution < -0.4 is 16.6 Å². The van der Waals surface area contributed by atoms with E-state index < -0.39 is 0 Å². The molecular weight excluding hydrogens is 430 g/mol. The smallest absolute Gasteiger partial charge is 0.278 e. The largest absolute Gasteiger partial charge is 0.386 e. The summed E-state index contributed by atoms with van der Waals surface area (Å²) in [6.07, 6.45) is 3.31. The van der Waals surface area contributed by atoms with Crippen LogP contribution in [0, 0.1) is 0 Å². The van der Waals surface area contributed by atoms with Gasteiger partial charge in [0, 0.05) is 56.2 Å². The van der Waals surface area contributed by atoms with Crippen LogP contribution in [0.2, 0.25) is 0 Å². The van der Waals surface area contributed by atoms with Gasteiger partial charge < -0.3 is 11.1 Å². The van der Waals surface area contributed by atoms with Crippen LogP contribution in [0.3, 0.4) is 0 Å². The minimum absolute atomic E-state index is 0. The van der Waals surface area contributed by atoms with Crippen molar-refractivity contribution in [3.63, 3.8) is 0 Å². The number of fused-ring (bicyclic) bond motifs is 1. The fraction of sp³-hybridized carbons (Fsp3) is 0.458. The van der Waals surface area contributed by atoms with Gasteiger partial charge >= 0.3 is 0 Å². The number of likely N-dealkylation sites (N-methyl/N-ethyl adjacent to an activating group) is 1. The number of aromatic nitrogens is 5. The highest BCUT2D eigenvalue weighted by atomic mass is 16.1. The highest BCUT2D eigenvalue weighted by molar-refractivity contribution is 5.93. The number of nitrogens with zero attached hydrogens (tertiary/aromatic N) is 7. The Bertz CT molecular complexity index is 1330. The third-order valence-corrected chi connectivity index (χ3v) is 5.66. The first-order valence-electron chi connectivity index (χ1n) is 11.5. The molecule has 0 bridgehead atoms. The van der Waals surface area contributed by atoms with Crippen molar-refractivity contribution in [1.29, 1.82) is 0 Å². The lowest BCUT2D eigenvalue weighted by molar-refractivity contribution is 0.323. The minimum atomic E-state index is -0.173. The molecule has 3 aromatic heterocycles. The van der Waals surface area contributed by atoms with Gasteiger partial charge in [0.05, 0.1) is 0 Å². The Hall–Kier alpha value is -3.53. The molecule has 0 aromatic carbocycles. The van der Waals surface area contributed by atoms with E-state index in [1.165, 1.54) is 6.20 Å². The molecule has 1 aliphatic rings. The van der Waals surface area contributed by atoms with Gasteiger partial charge in [0.25, 0.3) is 11.5 Å². The number of nitrogens with one attached hydrogen (secondary N) is 1. The molecule has 1 fully saturated rings. The van der Waals surface area contributed by atoms with E-state index in [4.69, 9.17) is 10.7 Å². The van der Waals surface area contributed by atoms with Gasteiger partial charge in [-0.1, -0.05) is 26.8 Å². The Labute approximate surface area is 200 Å². The van der Waals surface area contributed by atoms with Crippen LogP contribution in [0.15, 0.2) is 46.0 Å². The lowest BCUT2D eigenvalue weighted by atomic mass is 9.92. The van der Waals surface area contributed by atoms with E-state index in [0.717, 1.165) is 31.0 Å². The van der Waals surface area contributed by atoms with Crippen molar-refractivity contribution in [3.8, 4) is 5.82 Å². The molecule has 1 saturated heterocycles. The summed E-state index contributed by atoms with van der Waals surface area (Å²) in [5.41, 5.74) is 8.21. The molecule has 34 heavy (non-hydrogen) atoms. The molecule has 182 valence electrons. The van der Waals surface area contributed by atoms with Crippen molar-refractivity contribution in [3.05, 3.63) is 52.2 Å². The van der Waals surface area contributed by atoms with Crippen LogP contribution in [0.25, 0.3) is 16.9 Å². The number of aliphatic imine (C=N–C) groups is 1. The molecule has 1 aliphatic heterocycles. The quantitative estimate of drug-likeness (QED) is 0.449. The first kappa shape index (κ1) is 23.6. The average Bonchev–Trinajstić information content (AvgIpc) is 3.05. The summed E-state index contributed by atoms with van der Waals surface area (Å²) in [5, 5.41) is 3.73. The Morgan fingerprint density at radius 1 is 1.29 bits per heavy atom. The van der Waals surface area contributed by atoms with Gasteiger partial charge in [-0.15, -0.1) is 0 Å². The number of piperazine rings is 1. The predicted molar refractivity (Wildman–Crippen MR) is 137 cm³/mol. The number of hydrogen-bond acceptors (Lipinski definition) is 7. The zero-order valence-corrected chi connectivity index (χ0v) is 20.7. The summed E-state index contributed by atoms with van der Waals surface area (Å²) in [6.45, 7) is 12.8. The molecule has 4 rings (SSSR count). The van der Waals surface area contributed by atoms with Gasteiger partial charge in [-0.3, -0.25) is 9.69 Å². The maximum Gasteiger partial charge on any atom is 0.278 e. The summed E-state index contributed by atoms with van der Waals surface area (Å²) in [4.78, 5) is 33.6. The molecule has 0 unspecified atom stereocenters. The summed E-state index contributed by atoms with van der Waals surface area (Å²) in [7, 11) is 2.06. The van der Waals surface area contributed by atoms with Crippen LogP contribution in [0.5, 0.6) is 0 Å². The second-order valence-corrected chi connectivity index (χ2v) is 9.96. The van der Waals surface area contributed by atoms with E-state index in [9.17, 15) is 4.79 Å². The lowest BCUT2D eigenvalue weighted by Crippen LogP contribution is -2.40. The normalized spacial score (nSPS) is 17.0. The lowest BCUT2D eigenvalue weighted by Gasteiger charge is -2.25. The van der Waals surface area contributed by atoms with Crippen molar-refractivity contribution in [1.82, 2.24) is 34.5 Å². The Morgan fingerprint density at radius 2 is 2.06 bits per heavy atom. The third kappa shape index (κ3) is 4.72. The Morgan fingerprint density at radius 3 is 2.74 bits per heavy atom. The van der Waals surface area contributed by atoms with Gasteiger partial charge in [-0.05, 0) is 33.0 Å². The third-order valence-electron chi connectivity index (χ3n) is 5.66. The molecule has 0 radical (unpaired) electrons. The predicted octanol–water partition coefficient (Wildman–Crippen LogP) is 2.51. The molecule has 3 aromatic rings. The highest BCUT2D eigenvalue weighted by Gasteiger charge is 2.22. The topological polar surface area (TPSA) is 119 Å². The Balaban J connectivity index is 0.00000342. The number of nitrogens with two attached hydrogens (primary N) is 1. The zero-order chi connectivity index (χ0) is 24.6. The molecule has 10 nitrogen and oxygen atoms in total. The maximum atomic E-state index is 13.2. The molecule has 4 heterocycles. The zero-order valence-electron chi connectivity index (χ0n) is 20.7. The van der Waals surface area contributed by atoms with Crippen molar-refractivity contribution in [2.45, 2.75) is 46.1 Å². The van der Waals surface area contributed by atoms with E-state index >= 15 is 0 Å². The van der Waals surface area contributed by atoms with Crippen LogP contribution >= 0.6 is 0 Å². The molecule has 10 heteroatoms. The number of pyridine rings is 1. The number of amidine groups is 1. The first-order chi connectivity index (χ1) is 16.0. The second kappa shape index (κ2) is 9.02. The van der Waals surface area contributed by atoms with Crippen LogP contribution in [0.1, 0.15) is 47.8 Å². The molecule has 0 atom stereocenters. The van der Waals surface area contributed by atoms with Crippen molar-refractivity contribution in [2.75, 3.05) is 26.7 Å². The minimum Gasteiger partial charge on any atom is -0.386 e. The van der Waals surface area contributed by atoms with E-state index in [2.05, 4.69) is 53.0 Å². The summed E-state index contributed by atoms with van der Waals surface area (Å²) >= 11 is 0. The molecule has 3 N–H and O–H groups in total. The van der Waals surface area contributed by atoms with Gasteiger partial charge in [-0.2, -0.15) is 9.98 Å². The van der Waals surface area contributed by atoms with E-state index in [1.807, 2.05) is 32.0 Å². The summed E-state index contributed by atoms with van der Waals surface area (Å²) in [5.74, 6) is 1.10. The first-order valence-corrected chi connectivity index (χ1v) is 11.5. The van der Waals surface area contributed by atoms with Crippen molar-refractivity contribution < 1.29 is 1.43 Å². The number of hydrogen-bond donors (Lipinski definition) is 2. The fourth-order valence-electron chi connectivity index (χ4n) is 3.95. The van der Waals surface area contributed by atoms with Gasteiger partial charge in [0.2, 0.25) is 0 Å². The van der Waals surface area contributed by atoms with Crippen LogP contribution in [-0.2, 0) is 5.41 Å². The van der Waals surface area contributed by atoms with E-state index in [0.29, 0.717) is 22.7 Å². The van der Waals surface area contributed by atoms with Crippen molar-refractivity contribution >= 4 is 22.8 Å². The summed E-state index contributed by atoms with van der Waals surface area (Å²) in [6, 6.07) is 5.70. The van der Waals surface area contributed by atoms with Crippen LogP contribution in [0.4, 0.5) is 5.95 Å². The summed E-state index contributed by atoms with van der Waals surface area (Å²) < 4.78 is 3.40. The SMILES string of the molecule is CC(C)n1c(=O)c2cnc(/N=C(N)\C=C3\CN(C)CCN3)nc2n1-c1cccc(C(C)(C)C)n1.[HH]. The fourth-order valence-corrected chi connectivity index (χ4v) is 3.95. The molecular formula is C24H35N9O. The highest BCUT2D eigenvalue weighted by Crippen LogP contribution is 2.23. The van der Waals surface area contributed by atoms with E-state index in [1.54, 1.807) is 15.4 Å². The van der Waals surface area contributed by atoms with Crippen molar-refractivity contribution in [2.24, 2.45) is 10.7 Å². The van der Waals surface area contributed by atoms with Crippen LogP contribution in [-0.4, -0.2) is 61.7 Å². The molecule has 0 aliphatic carbocycles. The average molecular weight is 466 g/mol. The Kier molecular flexibility index (Phi) is 6.26. The molecule has 0 spiro atoms. The monoisotopic (exact) mass is 465 g/mol. The standard InChI is InChI=1S/C24H33N9O.H2/c1-15(2)32-22(34)17-13-27-23(29-19(25)12-16-14-31(6)11-10-26-16)30-21(17)33(32)20-9-7-8-18(28-20)24(3,4)5;/h7-9,12-13,15,26H,10-11,14H2,1-6H3,(H2,25,27,29,30);1H/b16-12-;. The second-order valence-electron chi connectivity index (χ2n) is 9.96. The maximum absolute atomic E-state index is 13.2. The van der Waals surface area contributed by atoms with Gasteiger partial charge in [0.1, 0.15) is 11.2 Å². The molecule has 0 saturated carbocycles. The number of rotatable bonds is 4. The molecule has 0 amide bonds.